The maximum Gasteiger partial charge on any atom is 0.00886 e. The van der Waals surface area contributed by atoms with Gasteiger partial charge in [0.05, 0.1) is 0 Å². The van der Waals surface area contributed by atoms with Crippen molar-refractivity contribution in [2.75, 3.05) is 0 Å². The Hall–Kier alpha value is -0.440. The van der Waals surface area contributed by atoms with Gasteiger partial charge in [0.15, 0.2) is 0 Å². The van der Waals surface area contributed by atoms with Crippen molar-refractivity contribution >= 4 is 0 Å². The van der Waals surface area contributed by atoms with Crippen LogP contribution in [0.25, 0.3) is 0 Å². The van der Waals surface area contributed by atoms with E-state index in [1.807, 2.05) is 0 Å². The zero-order valence-electron chi connectivity index (χ0n) is 20.8. The maximum absolute atomic E-state index is 3.37. The lowest BCUT2D eigenvalue weighted by Crippen LogP contribution is -1.95. The minimum atomic E-state index is 0.961. The monoisotopic (exact) mass is 404 g/mol. The lowest BCUT2D eigenvalue weighted by atomic mass is 9.96. The molecule has 0 heterocycles. The Labute approximate surface area is 186 Å². The normalized spacial score (nSPS) is 12.0. The molecule has 0 aromatic carbocycles. The Morgan fingerprint density at radius 2 is 0.724 bits per heavy atom. The Morgan fingerprint density at radius 1 is 0.414 bits per heavy atom. The third-order valence-corrected chi connectivity index (χ3v) is 6.33. The molecule has 1 atom stereocenters. The van der Waals surface area contributed by atoms with Gasteiger partial charge in [-0.05, 0) is 18.8 Å². The second-order valence-electron chi connectivity index (χ2n) is 9.55. The topological polar surface area (TPSA) is 0 Å². The highest BCUT2D eigenvalue weighted by molar-refractivity contribution is 4.98. The molecule has 0 N–H and O–H groups in total. The first kappa shape index (κ1) is 28.6. The van der Waals surface area contributed by atoms with Crippen LogP contribution in [0, 0.1) is 17.8 Å². The van der Waals surface area contributed by atoms with E-state index in [1.54, 1.807) is 0 Å². The molecule has 0 aromatic heterocycles. The molecule has 0 radical (unpaired) electrons. The fourth-order valence-corrected chi connectivity index (χ4v) is 4.18. The first-order valence-electron chi connectivity index (χ1n) is 13.8. The second kappa shape index (κ2) is 25.6. The van der Waals surface area contributed by atoms with Crippen LogP contribution in [0.5, 0.6) is 0 Å². The van der Waals surface area contributed by atoms with Crippen molar-refractivity contribution in [1.29, 1.82) is 0 Å². The first-order chi connectivity index (χ1) is 14.3. The molecule has 0 spiro atoms. The molecule has 0 amide bonds. The van der Waals surface area contributed by atoms with Crippen molar-refractivity contribution in [2.45, 2.75) is 168 Å². The predicted octanol–water partition coefficient (Wildman–Crippen LogP) is 10.6. The van der Waals surface area contributed by atoms with Crippen LogP contribution in [0.2, 0.25) is 0 Å². The minimum Gasteiger partial charge on any atom is -0.103 e. The highest BCUT2D eigenvalue weighted by atomic mass is 14.1. The summed E-state index contributed by atoms with van der Waals surface area (Å²) in [7, 11) is 0. The standard InChI is InChI=1S/C29H56/c1-4-6-8-10-11-12-13-14-15-16-17-18-19-20-21-22-24-26-28-29(3)27-25-23-9-7-5-2/h29H,4-11,14-28H2,1-3H3. The van der Waals surface area contributed by atoms with Crippen molar-refractivity contribution < 1.29 is 0 Å². The smallest absolute Gasteiger partial charge is 0.00886 e. The number of hydrogen-bond donors (Lipinski definition) is 0. The Kier molecular flexibility index (Phi) is 25.2. The summed E-state index contributed by atoms with van der Waals surface area (Å²) in [6.45, 7) is 7.04. The van der Waals surface area contributed by atoms with Crippen LogP contribution in [-0.2, 0) is 0 Å². The van der Waals surface area contributed by atoms with Gasteiger partial charge in [-0.15, -0.1) is 11.8 Å². The van der Waals surface area contributed by atoms with E-state index in [1.165, 1.54) is 135 Å². The van der Waals surface area contributed by atoms with E-state index in [0.717, 1.165) is 18.8 Å². The second-order valence-corrected chi connectivity index (χ2v) is 9.55. The molecule has 0 aliphatic heterocycles. The Balaban J connectivity index is 3.15. The fourth-order valence-electron chi connectivity index (χ4n) is 4.18. The molecule has 0 saturated heterocycles. The average Bonchev–Trinajstić information content (AvgIpc) is 2.72. The zero-order chi connectivity index (χ0) is 21.3. The molecule has 0 aromatic rings. The third kappa shape index (κ3) is 25.5. The van der Waals surface area contributed by atoms with Crippen LogP contribution in [-0.4, -0.2) is 0 Å². The summed E-state index contributed by atoms with van der Waals surface area (Å²) in [5.41, 5.74) is 0. The lowest BCUT2D eigenvalue weighted by Gasteiger charge is -2.11. The van der Waals surface area contributed by atoms with Gasteiger partial charge in [0.25, 0.3) is 0 Å². The van der Waals surface area contributed by atoms with E-state index < -0.39 is 0 Å². The molecule has 0 bridgehead atoms. The van der Waals surface area contributed by atoms with Gasteiger partial charge in [-0.1, -0.05) is 143 Å². The third-order valence-electron chi connectivity index (χ3n) is 6.33. The van der Waals surface area contributed by atoms with Gasteiger partial charge in [-0.25, -0.2) is 0 Å². The largest absolute Gasteiger partial charge is 0.103 e. The summed E-state index contributed by atoms with van der Waals surface area (Å²) in [6.07, 6.45) is 32.1. The average molecular weight is 405 g/mol. The Morgan fingerprint density at radius 3 is 1.14 bits per heavy atom. The van der Waals surface area contributed by atoms with Crippen LogP contribution in [0.3, 0.4) is 0 Å². The summed E-state index contributed by atoms with van der Waals surface area (Å²) in [4.78, 5) is 0. The quantitative estimate of drug-likeness (QED) is 0.124. The number of unbranched alkanes of at least 4 members (excludes halogenated alkanes) is 18. The molecule has 0 aliphatic carbocycles. The van der Waals surface area contributed by atoms with Gasteiger partial charge in [0, 0.05) is 12.8 Å². The van der Waals surface area contributed by atoms with Gasteiger partial charge in [-0.2, -0.15) is 0 Å². The van der Waals surface area contributed by atoms with Gasteiger partial charge < -0.3 is 0 Å². The van der Waals surface area contributed by atoms with Gasteiger partial charge >= 0.3 is 0 Å². The van der Waals surface area contributed by atoms with Gasteiger partial charge in [-0.3, -0.25) is 0 Å². The van der Waals surface area contributed by atoms with E-state index in [-0.39, 0.29) is 0 Å². The van der Waals surface area contributed by atoms with E-state index in [0.29, 0.717) is 0 Å². The van der Waals surface area contributed by atoms with Crippen LogP contribution in [0.15, 0.2) is 0 Å². The van der Waals surface area contributed by atoms with Gasteiger partial charge in [0.2, 0.25) is 0 Å². The Bertz CT molecular complexity index is 345. The van der Waals surface area contributed by atoms with E-state index in [4.69, 9.17) is 0 Å². The lowest BCUT2D eigenvalue weighted by molar-refractivity contribution is 0.431. The van der Waals surface area contributed by atoms with Crippen LogP contribution in [0.4, 0.5) is 0 Å². The number of rotatable bonds is 22. The van der Waals surface area contributed by atoms with Crippen molar-refractivity contribution in [1.82, 2.24) is 0 Å². The molecule has 1 unspecified atom stereocenters. The fraction of sp³-hybridized carbons (Fsp3) is 0.931. The molecule has 0 nitrogen and oxygen atoms in total. The first-order valence-corrected chi connectivity index (χ1v) is 13.8. The molecular weight excluding hydrogens is 348 g/mol. The molecule has 0 rings (SSSR count). The van der Waals surface area contributed by atoms with Crippen molar-refractivity contribution in [2.24, 2.45) is 5.92 Å². The zero-order valence-corrected chi connectivity index (χ0v) is 20.8. The van der Waals surface area contributed by atoms with Crippen LogP contribution < -0.4 is 0 Å². The van der Waals surface area contributed by atoms with Crippen molar-refractivity contribution in [3.8, 4) is 11.8 Å². The molecule has 172 valence electrons. The summed E-state index contributed by atoms with van der Waals surface area (Å²) in [5.74, 6) is 7.68. The summed E-state index contributed by atoms with van der Waals surface area (Å²) in [6, 6.07) is 0. The van der Waals surface area contributed by atoms with E-state index >= 15 is 0 Å². The molecule has 0 fully saturated rings. The molecule has 0 saturated carbocycles. The van der Waals surface area contributed by atoms with Gasteiger partial charge in [0.1, 0.15) is 0 Å². The van der Waals surface area contributed by atoms with E-state index in [2.05, 4.69) is 32.6 Å². The minimum absolute atomic E-state index is 0.961. The highest BCUT2D eigenvalue weighted by Crippen LogP contribution is 2.18. The highest BCUT2D eigenvalue weighted by Gasteiger charge is 2.02. The van der Waals surface area contributed by atoms with E-state index in [9.17, 15) is 0 Å². The summed E-state index contributed by atoms with van der Waals surface area (Å²) in [5, 5.41) is 0. The maximum atomic E-state index is 3.37. The predicted molar refractivity (Wildman–Crippen MR) is 134 cm³/mol. The SMILES string of the molecule is CCCCCCC#CCCCCCCCCCCCCC(C)CCCCCCC. The molecular formula is C29H56. The van der Waals surface area contributed by atoms with Crippen molar-refractivity contribution in [3.63, 3.8) is 0 Å². The number of hydrogen-bond acceptors (Lipinski definition) is 0. The molecule has 0 aliphatic rings. The molecule has 0 heteroatoms. The molecule has 29 heavy (non-hydrogen) atoms. The summed E-state index contributed by atoms with van der Waals surface area (Å²) >= 11 is 0. The van der Waals surface area contributed by atoms with Crippen molar-refractivity contribution in [3.05, 3.63) is 0 Å². The van der Waals surface area contributed by atoms with Crippen LogP contribution >= 0.6 is 0 Å². The van der Waals surface area contributed by atoms with Crippen LogP contribution in [0.1, 0.15) is 168 Å². The summed E-state index contributed by atoms with van der Waals surface area (Å²) < 4.78 is 0.